The van der Waals surface area contributed by atoms with Crippen molar-refractivity contribution in [1.29, 1.82) is 0 Å². The molecular formula is C12H17O. The maximum atomic E-state index is 11.8. The van der Waals surface area contributed by atoms with Crippen LogP contribution in [-0.2, 0) is 4.79 Å². The summed E-state index contributed by atoms with van der Waals surface area (Å²) < 4.78 is 0. The molecule has 0 N–H and O–H groups in total. The first-order valence-corrected chi connectivity index (χ1v) is 5.33. The standard InChI is InChI=1S/C12H17O/c1-9-5-7-11(8-6-9)12(13)10-3-2-4-10/h2-4,9-11H,5-8H2,1H3. The van der Waals surface area contributed by atoms with E-state index in [0.29, 0.717) is 11.7 Å². The molecule has 1 radical (unpaired) electrons. The van der Waals surface area contributed by atoms with Crippen LogP contribution in [0.5, 0.6) is 0 Å². The molecule has 2 rings (SSSR count). The fraction of sp³-hybridized carbons (Fsp3) is 0.667. The van der Waals surface area contributed by atoms with Crippen LogP contribution in [0.15, 0.2) is 12.2 Å². The molecule has 0 aromatic rings. The fourth-order valence-electron chi connectivity index (χ4n) is 2.23. The highest BCUT2D eigenvalue weighted by atomic mass is 16.1. The van der Waals surface area contributed by atoms with E-state index >= 15 is 0 Å². The monoisotopic (exact) mass is 177 g/mol. The molecule has 2 aliphatic carbocycles. The normalized spacial score (nSPS) is 38.4. The second kappa shape index (κ2) is 3.65. The van der Waals surface area contributed by atoms with E-state index in [-0.39, 0.29) is 5.92 Å². The predicted molar refractivity (Wildman–Crippen MR) is 53.1 cm³/mol. The average Bonchev–Trinajstić information content (AvgIpc) is 2.02. The molecule has 0 amide bonds. The molecule has 1 saturated carbocycles. The highest BCUT2D eigenvalue weighted by Crippen LogP contribution is 2.32. The molecule has 1 nitrogen and oxygen atoms in total. The minimum atomic E-state index is 0.165. The van der Waals surface area contributed by atoms with Gasteiger partial charge in [0, 0.05) is 11.8 Å². The van der Waals surface area contributed by atoms with Gasteiger partial charge in [-0.05, 0) is 25.2 Å². The van der Waals surface area contributed by atoms with Crippen molar-refractivity contribution in [3.8, 4) is 0 Å². The third-order valence-corrected chi connectivity index (χ3v) is 3.38. The Morgan fingerprint density at radius 1 is 1.23 bits per heavy atom. The summed E-state index contributed by atoms with van der Waals surface area (Å²) in [5.74, 6) is 1.83. The highest BCUT2D eigenvalue weighted by molar-refractivity contribution is 5.88. The molecule has 1 unspecified atom stereocenters. The van der Waals surface area contributed by atoms with E-state index in [1.807, 2.05) is 18.6 Å². The summed E-state index contributed by atoms with van der Waals surface area (Å²) >= 11 is 0. The van der Waals surface area contributed by atoms with Gasteiger partial charge in [0.2, 0.25) is 0 Å². The summed E-state index contributed by atoms with van der Waals surface area (Å²) in [4.78, 5) is 11.8. The Morgan fingerprint density at radius 3 is 2.31 bits per heavy atom. The van der Waals surface area contributed by atoms with E-state index in [1.54, 1.807) is 0 Å². The van der Waals surface area contributed by atoms with Crippen molar-refractivity contribution >= 4 is 5.78 Å². The van der Waals surface area contributed by atoms with Gasteiger partial charge in [0.05, 0.1) is 0 Å². The number of rotatable bonds is 2. The van der Waals surface area contributed by atoms with E-state index in [1.165, 1.54) is 12.8 Å². The number of hydrogen-bond donors (Lipinski definition) is 0. The zero-order valence-corrected chi connectivity index (χ0v) is 8.20. The first kappa shape index (κ1) is 8.98. The van der Waals surface area contributed by atoms with Gasteiger partial charge in [-0.3, -0.25) is 4.79 Å². The lowest BCUT2D eigenvalue weighted by Crippen LogP contribution is -2.28. The molecule has 13 heavy (non-hydrogen) atoms. The lowest BCUT2D eigenvalue weighted by molar-refractivity contribution is -0.125. The van der Waals surface area contributed by atoms with Crippen LogP contribution in [0.25, 0.3) is 0 Å². The van der Waals surface area contributed by atoms with Gasteiger partial charge >= 0.3 is 0 Å². The first-order chi connectivity index (χ1) is 6.27. The summed E-state index contributed by atoms with van der Waals surface area (Å²) in [7, 11) is 0. The Balaban J connectivity index is 1.86. The molecule has 71 valence electrons. The van der Waals surface area contributed by atoms with Crippen molar-refractivity contribution in [3.05, 3.63) is 18.6 Å². The Labute approximate surface area is 80.2 Å². The number of ketones is 1. The number of Topliss-reactive ketones (excluding diaryl/α,β-unsaturated/α-hetero) is 1. The Kier molecular flexibility index (Phi) is 2.52. The summed E-state index contributed by atoms with van der Waals surface area (Å²) in [6, 6.07) is 0. The van der Waals surface area contributed by atoms with E-state index in [2.05, 4.69) is 6.92 Å². The van der Waals surface area contributed by atoms with Gasteiger partial charge in [0.15, 0.2) is 0 Å². The van der Waals surface area contributed by atoms with E-state index in [4.69, 9.17) is 0 Å². The topological polar surface area (TPSA) is 17.1 Å². The maximum absolute atomic E-state index is 11.8. The zero-order valence-electron chi connectivity index (χ0n) is 8.20. The molecule has 1 atom stereocenters. The summed E-state index contributed by atoms with van der Waals surface area (Å²) in [5, 5.41) is 0. The molecular weight excluding hydrogens is 160 g/mol. The van der Waals surface area contributed by atoms with Crippen LogP contribution in [0, 0.1) is 24.2 Å². The Morgan fingerprint density at radius 2 is 1.85 bits per heavy atom. The number of allylic oxidation sites excluding steroid dienone is 2. The zero-order chi connectivity index (χ0) is 9.26. The molecule has 0 heterocycles. The first-order valence-electron chi connectivity index (χ1n) is 5.33. The molecule has 2 aliphatic rings. The number of carbonyl (C=O) groups is 1. The van der Waals surface area contributed by atoms with Gasteiger partial charge in [-0.15, -0.1) is 0 Å². The van der Waals surface area contributed by atoms with Crippen molar-refractivity contribution in [2.45, 2.75) is 32.6 Å². The lowest BCUT2D eigenvalue weighted by Gasteiger charge is -2.28. The van der Waals surface area contributed by atoms with E-state index < -0.39 is 0 Å². The smallest absolute Gasteiger partial charge is 0.143 e. The average molecular weight is 177 g/mol. The minimum absolute atomic E-state index is 0.165. The Bertz CT molecular complexity index is 221. The second-order valence-electron chi connectivity index (χ2n) is 4.46. The van der Waals surface area contributed by atoms with Gasteiger partial charge in [-0.2, -0.15) is 0 Å². The van der Waals surface area contributed by atoms with Crippen molar-refractivity contribution in [2.24, 2.45) is 17.8 Å². The Hall–Kier alpha value is -0.590. The van der Waals surface area contributed by atoms with Crippen molar-refractivity contribution in [3.63, 3.8) is 0 Å². The van der Waals surface area contributed by atoms with Crippen molar-refractivity contribution in [1.82, 2.24) is 0 Å². The number of hydrogen-bond acceptors (Lipinski definition) is 1. The molecule has 0 aliphatic heterocycles. The SMILES string of the molecule is CC1CCC(C(=O)C2[CH]C=C2)CC1. The highest BCUT2D eigenvalue weighted by Gasteiger charge is 2.30. The van der Waals surface area contributed by atoms with Crippen LogP contribution >= 0.6 is 0 Å². The van der Waals surface area contributed by atoms with Gasteiger partial charge in [0.1, 0.15) is 5.78 Å². The van der Waals surface area contributed by atoms with Gasteiger partial charge in [-0.1, -0.05) is 31.9 Å². The quantitative estimate of drug-likeness (QED) is 0.634. The minimum Gasteiger partial charge on any atom is -0.299 e. The second-order valence-corrected chi connectivity index (χ2v) is 4.46. The van der Waals surface area contributed by atoms with Gasteiger partial charge in [-0.25, -0.2) is 0 Å². The van der Waals surface area contributed by atoms with Crippen molar-refractivity contribution < 1.29 is 4.79 Å². The summed E-state index contributed by atoms with van der Waals surface area (Å²) in [6.07, 6.45) is 10.7. The van der Waals surface area contributed by atoms with Crippen LogP contribution in [-0.4, -0.2) is 5.78 Å². The van der Waals surface area contributed by atoms with Crippen LogP contribution in [0.4, 0.5) is 0 Å². The lowest BCUT2D eigenvalue weighted by atomic mass is 9.75. The predicted octanol–water partition coefficient (Wildman–Crippen LogP) is 2.77. The van der Waals surface area contributed by atoms with Crippen LogP contribution < -0.4 is 0 Å². The third kappa shape index (κ3) is 1.84. The largest absolute Gasteiger partial charge is 0.299 e. The molecule has 1 heteroatoms. The summed E-state index contributed by atoms with van der Waals surface area (Å²) in [5.41, 5.74) is 0. The molecule has 0 aromatic carbocycles. The van der Waals surface area contributed by atoms with Crippen LogP contribution in [0.3, 0.4) is 0 Å². The molecule has 0 aromatic heterocycles. The summed E-state index contributed by atoms with van der Waals surface area (Å²) in [6.45, 7) is 2.29. The van der Waals surface area contributed by atoms with E-state index in [0.717, 1.165) is 18.8 Å². The van der Waals surface area contributed by atoms with Gasteiger partial charge < -0.3 is 0 Å². The van der Waals surface area contributed by atoms with Crippen LogP contribution in [0.1, 0.15) is 32.6 Å². The molecule has 0 spiro atoms. The van der Waals surface area contributed by atoms with Gasteiger partial charge in [0.25, 0.3) is 0 Å². The van der Waals surface area contributed by atoms with E-state index in [9.17, 15) is 4.79 Å². The molecule has 1 fully saturated rings. The number of carbonyl (C=O) groups excluding carboxylic acids is 1. The van der Waals surface area contributed by atoms with Crippen LogP contribution in [0.2, 0.25) is 0 Å². The maximum Gasteiger partial charge on any atom is 0.143 e. The third-order valence-electron chi connectivity index (χ3n) is 3.38. The molecule has 0 bridgehead atoms. The fourth-order valence-corrected chi connectivity index (χ4v) is 2.23. The van der Waals surface area contributed by atoms with Crippen molar-refractivity contribution in [2.75, 3.05) is 0 Å². The molecule has 0 saturated heterocycles.